The van der Waals surface area contributed by atoms with Crippen molar-refractivity contribution in [3.05, 3.63) is 100 Å². The van der Waals surface area contributed by atoms with E-state index < -0.39 is 5.97 Å². The van der Waals surface area contributed by atoms with Crippen LogP contribution in [0.15, 0.2) is 83.3 Å². The van der Waals surface area contributed by atoms with Crippen LogP contribution in [0.4, 0.5) is 0 Å². The summed E-state index contributed by atoms with van der Waals surface area (Å²) in [6, 6.07) is 20.8. The summed E-state index contributed by atoms with van der Waals surface area (Å²) in [6.07, 6.45) is 3.10. The maximum absolute atomic E-state index is 12.4. The zero-order valence-corrected chi connectivity index (χ0v) is 16.7. The van der Waals surface area contributed by atoms with Crippen LogP contribution >= 0.6 is 15.9 Å². The number of ketones is 1. The molecule has 3 rings (SSSR count). The Morgan fingerprint density at radius 1 is 0.857 bits per heavy atom. The summed E-state index contributed by atoms with van der Waals surface area (Å²) in [7, 11) is 1.56. The minimum absolute atomic E-state index is 0.135. The van der Waals surface area contributed by atoms with E-state index in [1.54, 1.807) is 67.8 Å². The fourth-order valence-electron chi connectivity index (χ4n) is 2.47. The molecule has 0 saturated carbocycles. The van der Waals surface area contributed by atoms with Gasteiger partial charge in [0, 0.05) is 15.6 Å². The zero-order chi connectivity index (χ0) is 19.9. The highest BCUT2D eigenvalue weighted by Crippen LogP contribution is 2.22. The smallest absolute Gasteiger partial charge is 0.343 e. The molecule has 0 N–H and O–H groups in total. The average molecular weight is 437 g/mol. The maximum Gasteiger partial charge on any atom is 0.343 e. The molecule has 0 aliphatic carbocycles. The predicted molar refractivity (Wildman–Crippen MR) is 112 cm³/mol. The second-order valence-electron chi connectivity index (χ2n) is 5.86. The van der Waals surface area contributed by atoms with Crippen LogP contribution in [-0.2, 0) is 0 Å². The Bertz CT molecular complexity index is 1010. The SMILES string of the molecule is COc1ccc(C(=O)Oc2ccccc2/C=C/C(=O)c2ccc(Br)cc2)cc1. The Morgan fingerprint density at radius 3 is 2.18 bits per heavy atom. The molecule has 0 unspecified atom stereocenters. The van der Waals surface area contributed by atoms with Gasteiger partial charge in [-0.05, 0) is 66.7 Å². The molecule has 3 aromatic rings. The fraction of sp³-hybridized carbons (Fsp3) is 0.0435. The summed E-state index contributed by atoms with van der Waals surface area (Å²) in [5.41, 5.74) is 1.62. The van der Waals surface area contributed by atoms with E-state index >= 15 is 0 Å². The van der Waals surface area contributed by atoms with Gasteiger partial charge in [-0.25, -0.2) is 4.79 Å². The van der Waals surface area contributed by atoms with Crippen LogP contribution in [-0.4, -0.2) is 18.9 Å². The van der Waals surface area contributed by atoms with E-state index in [4.69, 9.17) is 9.47 Å². The molecular weight excluding hydrogens is 420 g/mol. The van der Waals surface area contributed by atoms with Crippen LogP contribution in [0.5, 0.6) is 11.5 Å². The van der Waals surface area contributed by atoms with Crippen LogP contribution in [0.2, 0.25) is 0 Å². The third-order valence-corrected chi connectivity index (χ3v) is 4.52. The number of para-hydroxylation sites is 1. The number of allylic oxidation sites excluding steroid dienone is 1. The van der Waals surface area contributed by atoms with Gasteiger partial charge in [0.2, 0.25) is 0 Å². The van der Waals surface area contributed by atoms with Gasteiger partial charge in [-0.15, -0.1) is 0 Å². The van der Waals surface area contributed by atoms with Crippen LogP contribution in [0.3, 0.4) is 0 Å². The third kappa shape index (κ3) is 4.96. The van der Waals surface area contributed by atoms with E-state index in [2.05, 4.69) is 15.9 Å². The molecule has 3 aromatic carbocycles. The van der Waals surface area contributed by atoms with E-state index in [1.807, 2.05) is 18.2 Å². The molecule has 0 bridgehead atoms. The number of hydrogen-bond donors (Lipinski definition) is 0. The topological polar surface area (TPSA) is 52.6 Å². The Balaban J connectivity index is 1.75. The minimum Gasteiger partial charge on any atom is -0.497 e. The normalized spacial score (nSPS) is 10.6. The lowest BCUT2D eigenvalue weighted by atomic mass is 10.1. The number of carbonyl (C=O) groups excluding carboxylic acids is 2. The second-order valence-corrected chi connectivity index (χ2v) is 6.78. The lowest BCUT2D eigenvalue weighted by Crippen LogP contribution is -2.09. The first-order valence-electron chi connectivity index (χ1n) is 8.50. The second kappa shape index (κ2) is 9.15. The average Bonchev–Trinajstić information content (AvgIpc) is 2.73. The number of hydrogen-bond acceptors (Lipinski definition) is 4. The van der Waals surface area contributed by atoms with Gasteiger partial charge in [0.15, 0.2) is 5.78 Å². The lowest BCUT2D eigenvalue weighted by molar-refractivity contribution is 0.0734. The molecule has 0 aromatic heterocycles. The number of esters is 1. The zero-order valence-electron chi connectivity index (χ0n) is 15.1. The molecule has 28 heavy (non-hydrogen) atoms. The van der Waals surface area contributed by atoms with Gasteiger partial charge >= 0.3 is 5.97 Å². The Kier molecular flexibility index (Phi) is 6.40. The molecule has 0 radical (unpaired) electrons. The van der Waals surface area contributed by atoms with Gasteiger partial charge in [0.1, 0.15) is 11.5 Å². The summed E-state index contributed by atoms with van der Waals surface area (Å²) in [4.78, 5) is 24.7. The summed E-state index contributed by atoms with van der Waals surface area (Å²) in [5, 5.41) is 0. The third-order valence-electron chi connectivity index (χ3n) is 3.99. The highest BCUT2D eigenvalue weighted by atomic mass is 79.9. The molecule has 5 heteroatoms. The molecule has 0 fully saturated rings. The molecule has 0 heterocycles. The Hall–Kier alpha value is -3.18. The molecule has 0 saturated heterocycles. The van der Waals surface area contributed by atoms with E-state index in [-0.39, 0.29) is 5.78 Å². The van der Waals surface area contributed by atoms with Crippen molar-refractivity contribution in [2.45, 2.75) is 0 Å². The van der Waals surface area contributed by atoms with Gasteiger partial charge in [-0.3, -0.25) is 4.79 Å². The molecule has 0 atom stereocenters. The summed E-state index contributed by atoms with van der Waals surface area (Å²) >= 11 is 3.35. The Labute approximate surface area is 171 Å². The van der Waals surface area contributed by atoms with Gasteiger partial charge < -0.3 is 9.47 Å². The van der Waals surface area contributed by atoms with Crippen molar-refractivity contribution in [3.8, 4) is 11.5 Å². The van der Waals surface area contributed by atoms with E-state index in [0.717, 1.165) is 4.47 Å². The van der Waals surface area contributed by atoms with E-state index in [0.29, 0.717) is 28.2 Å². The molecule has 0 spiro atoms. The van der Waals surface area contributed by atoms with Crippen molar-refractivity contribution in [2.24, 2.45) is 0 Å². The van der Waals surface area contributed by atoms with Crippen molar-refractivity contribution in [2.75, 3.05) is 7.11 Å². The molecule has 0 aliphatic heterocycles. The van der Waals surface area contributed by atoms with Crippen LogP contribution < -0.4 is 9.47 Å². The van der Waals surface area contributed by atoms with Gasteiger partial charge in [-0.2, -0.15) is 0 Å². The van der Waals surface area contributed by atoms with Gasteiger partial charge in [-0.1, -0.05) is 34.1 Å². The first kappa shape index (κ1) is 19.6. The van der Waals surface area contributed by atoms with Crippen LogP contribution in [0, 0.1) is 0 Å². The first-order chi connectivity index (χ1) is 13.6. The predicted octanol–water partition coefficient (Wildman–Crippen LogP) is 5.57. The van der Waals surface area contributed by atoms with E-state index in [9.17, 15) is 9.59 Å². The standard InChI is InChI=1S/C23H17BrO4/c1-27-20-13-8-18(9-14-20)23(26)28-22-5-3-2-4-17(22)10-15-21(25)16-6-11-19(24)12-7-16/h2-15H,1H3/b15-10+. The molecule has 140 valence electrons. The highest BCUT2D eigenvalue weighted by molar-refractivity contribution is 9.10. The highest BCUT2D eigenvalue weighted by Gasteiger charge is 2.11. The number of rotatable bonds is 6. The fourth-order valence-corrected chi connectivity index (χ4v) is 2.74. The number of halogens is 1. The monoisotopic (exact) mass is 436 g/mol. The largest absolute Gasteiger partial charge is 0.497 e. The van der Waals surface area contributed by atoms with Gasteiger partial charge in [0.05, 0.1) is 12.7 Å². The number of benzene rings is 3. The van der Waals surface area contributed by atoms with Crippen molar-refractivity contribution in [1.82, 2.24) is 0 Å². The summed E-state index contributed by atoms with van der Waals surface area (Å²) < 4.78 is 11.5. The van der Waals surface area contributed by atoms with Crippen molar-refractivity contribution >= 4 is 33.8 Å². The van der Waals surface area contributed by atoms with Crippen LogP contribution in [0.25, 0.3) is 6.08 Å². The lowest BCUT2D eigenvalue weighted by Gasteiger charge is -2.08. The van der Waals surface area contributed by atoms with Crippen molar-refractivity contribution in [1.29, 1.82) is 0 Å². The summed E-state index contributed by atoms with van der Waals surface area (Å²) in [5.74, 6) is 0.418. The number of ether oxygens (including phenoxy) is 2. The van der Waals surface area contributed by atoms with Crippen molar-refractivity contribution < 1.29 is 19.1 Å². The minimum atomic E-state index is -0.484. The van der Waals surface area contributed by atoms with Crippen LogP contribution in [0.1, 0.15) is 26.3 Å². The number of methoxy groups -OCH3 is 1. The summed E-state index contributed by atoms with van der Waals surface area (Å²) in [6.45, 7) is 0. The molecule has 0 amide bonds. The maximum atomic E-state index is 12.4. The molecule has 4 nitrogen and oxygen atoms in total. The van der Waals surface area contributed by atoms with Crippen molar-refractivity contribution in [3.63, 3.8) is 0 Å². The quantitative estimate of drug-likeness (QED) is 0.219. The molecular formula is C23H17BrO4. The Morgan fingerprint density at radius 2 is 1.50 bits per heavy atom. The number of carbonyl (C=O) groups is 2. The van der Waals surface area contributed by atoms with Gasteiger partial charge in [0.25, 0.3) is 0 Å². The molecule has 0 aliphatic rings. The first-order valence-corrected chi connectivity index (χ1v) is 9.29. The van der Waals surface area contributed by atoms with E-state index in [1.165, 1.54) is 6.08 Å².